The smallest absolute Gasteiger partial charge is 0.331 e. The lowest BCUT2D eigenvalue weighted by Gasteiger charge is -2.00. The molecule has 0 spiro atoms. The molecule has 1 rings (SSSR count). The van der Waals surface area contributed by atoms with E-state index in [1.54, 1.807) is 0 Å². The van der Waals surface area contributed by atoms with Crippen LogP contribution in [-0.2, 0) is 4.79 Å². The second-order valence-corrected chi connectivity index (χ2v) is 3.37. The van der Waals surface area contributed by atoms with E-state index in [9.17, 15) is 18.0 Å². The number of hydrogen-bond acceptors (Lipinski definition) is 2. The van der Waals surface area contributed by atoms with Crippen LogP contribution in [-0.4, -0.2) is 17.0 Å². The third-order valence-corrected chi connectivity index (χ3v) is 1.74. The van der Waals surface area contributed by atoms with Crippen LogP contribution >= 0.6 is 12.4 Å². The van der Waals surface area contributed by atoms with Crippen LogP contribution in [0.2, 0.25) is 0 Å². The van der Waals surface area contributed by atoms with Crippen LogP contribution < -0.4 is 11.5 Å². The molecular formula is C11H13ClF3N3O2. The van der Waals surface area contributed by atoms with Gasteiger partial charge in [-0.2, -0.15) is 0 Å². The maximum Gasteiger partial charge on any atom is 0.331 e. The molecule has 0 saturated heterocycles. The molecule has 9 heteroatoms. The van der Waals surface area contributed by atoms with Gasteiger partial charge in [0.15, 0.2) is 5.96 Å². The molecule has 0 aromatic heterocycles. The molecule has 1 aromatic rings. The molecule has 0 aliphatic carbocycles. The van der Waals surface area contributed by atoms with Crippen molar-refractivity contribution in [3.63, 3.8) is 0 Å². The van der Waals surface area contributed by atoms with Crippen LogP contribution in [0.25, 0.3) is 6.08 Å². The second-order valence-electron chi connectivity index (χ2n) is 3.37. The lowest BCUT2D eigenvalue weighted by molar-refractivity contribution is -0.132. The maximum absolute atomic E-state index is 13.0. The van der Waals surface area contributed by atoms with Crippen molar-refractivity contribution >= 4 is 30.4 Å². The molecule has 6 N–H and O–H groups in total. The summed E-state index contributed by atoms with van der Waals surface area (Å²) >= 11 is 0. The first-order valence-electron chi connectivity index (χ1n) is 4.80. The van der Waals surface area contributed by atoms with Crippen LogP contribution in [0.5, 0.6) is 0 Å². The highest BCUT2D eigenvalue weighted by Crippen LogP contribution is 2.17. The number of guanidine groups is 1. The third-order valence-electron chi connectivity index (χ3n) is 1.74. The first kappa shape index (κ1) is 20.1. The molecule has 0 heterocycles. The molecule has 0 unspecified atom stereocenters. The van der Waals surface area contributed by atoms with E-state index in [1.807, 2.05) is 0 Å². The van der Waals surface area contributed by atoms with Crippen molar-refractivity contribution in [1.82, 2.24) is 0 Å². The highest BCUT2D eigenvalue weighted by atomic mass is 35.5. The van der Waals surface area contributed by atoms with Gasteiger partial charge in [-0.15, -0.1) is 12.4 Å². The topological polar surface area (TPSA) is 113 Å². The van der Waals surface area contributed by atoms with Crippen LogP contribution in [0, 0.1) is 22.9 Å². The molecule has 5 nitrogen and oxygen atoms in total. The van der Waals surface area contributed by atoms with Crippen molar-refractivity contribution in [2.45, 2.75) is 6.92 Å². The zero-order valence-electron chi connectivity index (χ0n) is 10.3. The molecule has 1 aromatic carbocycles. The number of aliphatic carboxylic acids is 1. The predicted molar refractivity (Wildman–Crippen MR) is 71.0 cm³/mol. The number of hydrogen-bond donors (Lipinski definition) is 4. The molecule has 0 aliphatic rings. The minimum atomic E-state index is -1.29. The maximum atomic E-state index is 13.0. The second kappa shape index (κ2) is 8.81. The Labute approximate surface area is 119 Å². The Morgan fingerprint density at radius 2 is 1.60 bits per heavy atom. The van der Waals surface area contributed by atoms with Gasteiger partial charge in [-0.05, 0) is 13.0 Å². The van der Waals surface area contributed by atoms with Gasteiger partial charge in [0.2, 0.25) is 0 Å². The van der Waals surface area contributed by atoms with E-state index in [-0.39, 0.29) is 23.9 Å². The van der Waals surface area contributed by atoms with Gasteiger partial charge in [0.05, 0.1) is 0 Å². The molecule has 0 saturated carbocycles. The number of carboxylic acid groups (broad SMARTS) is 1. The van der Waals surface area contributed by atoms with Crippen LogP contribution in [0.3, 0.4) is 0 Å². The van der Waals surface area contributed by atoms with E-state index in [0.29, 0.717) is 12.1 Å². The summed E-state index contributed by atoms with van der Waals surface area (Å²) < 4.78 is 38.5. The minimum Gasteiger partial charge on any atom is -0.478 e. The van der Waals surface area contributed by atoms with E-state index in [0.717, 1.165) is 6.08 Å². The Balaban J connectivity index is 0. The normalized spacial score (nSPS) is 9.90. The fourth-order valence-electron chi connectivity index (χ4n) is 0.970. The number of nitrogens with one attached hydrogen (secondary N) is 1. The summed E-state index contributed by atoms with van der Waals surface area (Å²) in [5, 5.41) is 14.5. The number of halogens is 4. The van der Waals surface area contributed by atoms with Gasteiger partial charge >= 0.3 is 5.97 Å². The lowest BCUT2D eigenvalue weighted by Crippen LogP contribution is -2.20. The summed E-state index contributed by atoms with van der Waals surface area (Å²) in [6, 6.07) is 0.980. The molecule has 0 radical (unpaired) electrons. The van der Waals surface area contributed by atoms with E-state index in [2.05, 4.69) is 11.5 Å². The summed E-state index contributed by atoms with van der Waals surface area (Å²) in [4.78, 5) is 10.4. The van der Waals surface area contributed by atoms with Gasteiger partial charge in [0, 0.05) is 23.3 Å². The molecular weight excluding hydrogens is 299 g/mol. The number of carbonyl (C=O) groups is 1. The Bertz CT molecular complexity index is 509. The zero-order valence-corrected chi connectivity index (χ0v) is 11.1. The average molecular weight is 312 g/mol. The first-order chi connectivity index (χ1) is 8.65. The van der Waals surface area contributed by atoms with E-state index in [1.165, 1.54) is 6.92 Å². The monoisotopic (exact) mass is 311 g/mol. The fraction of sp³-hybridized carbons (Fsp3) is 0.0909. The lowest BCUT2D eigenvalue weighted by atomic mass is 10.1. The summed E-state index contributed by atoms with van der Waals surface area (Å²) in [7, 11) is 0. The average Bonchev–Trinajstić information content (AvgIpc) is 2.21. The summed E-state index contributed by atoms with van der Waals surface area (Å²) in [6.45, 7) is 1.19. The van der Waals surface area contributed by atoms with Crippen LogP contribution in [0.15, 0.2) is 17.7 Å². The Morgan fingerprint density at radius 1 is 1.25 bits per heavy atom. The van der Waals surface area contributed by atoms with Crippen LogP contribution in [0.1, 0.15) is 12.5 Å². The van der Waals surface area contributed by atoms with E-state index in [4.69, 9.17) is 10.5 Å². The van der Waals surface area contributed by atoms with Gasteiger partial charge in [0.1, 0.15) is 17.5 Å². The molecule has 0 bridgehead atoms. The highest BCUT2D eigenvalue weighted by molar-refractivity contribution is 5.91. The largest absolute Gasteiger partial charge is 0.478 e. The fourth-order valence-corrected chi connectivity index (χ4v) is 0.970. The quantitative estimate of drug-likeness (QED) is 0.379. The Kier molecular flexibility index (Phi) is 8.85. The Morgan fingerprint density at radius 3 is 1.90 bits per heavy atom. The molecule has 20 heavy (non-hydrogen) atoms. The van der Waals surface area contributed by atoms with Gasteiger partial charge in [0.25, 0.3) is 0 Å². The first-order valence-corrected chi connectivity index (χ1v) is 4.80. The zero-order chi connectivity index (χ0) is 15.2. The molecule has 0 atom stereocenters. The standard InChI is InChI=1S/C10H7F3O2.CH5N3.ClH/c1-5(10(14)15)2-7-8(12)3-6(11)4-9(7)13;2-1(3)4;/h2-4H,1H3,(H,14,15);(H5,2,3,4);1H. The van der Waals surface area contributed by atoms with Crippen molar-refractivity contribution in [3.05, 3.63) is 40.7 Å². The van der Waals surface area contributed by atoms with Crippen molar-refractivity contribution in [2.75, 3.05) is 0 Å². The number of benzene rings is 1. The molecule has 0 aliphatic heterocycles. The molecule has 0 amide bonds. The summed E-state index contributed by atoms with van der Waals surface area (Å²) in [5.74, 6) is -4.94. The minimum absolute atomic E-state index is 0. The number of rotatable bonds is 2. The van der Waals surface area contributed by atoms with Gasteiger partial charge in [-0.1, -0.05) is 0 Å². The van der Waals surface area contributed by atoms with Crippen LogP contribution in [0.4, 0.5) is 13.2 Å². The Hall–Kier alpha value is -2.22. The third kappa shape index (κ3) is 7.27. The van der Waals surface area contributed by atoms with Crippen molar-refractivity contribution in [2.24, 2.45) is 11.5 Å². The van der Waals surface area contributed by atoms with Gasteiger partial charge in [-0.25, -0.2) is 18.0 Å². The summed E-state index contributed by atoms with van der Waals surface area (Å²) in [5.41, 5.74) is 8.15. The van der Waals surface area contributed by atoms with Gasteiger partial charge in [-0.3, -0.25) is 5.41 Å². The summed E-state index contributed by atoms with van der Waals surface area (Å²) in [6.07, 6.45) is 0.812. The van der Waals surface area contributed by atoms with Crippen molar-refractivity contribution in [3.8, 4) is 0 Å². The van der Waals surface area contributed by atoms with Crippen molar-refractivity contribution < 1.29 is 23.1 Å². The predicted octanol–water partition coefficient (Wildman–Crippen LogP) is 1.85. The molecule has 0 fully saturated rings. The van der Waals surface area contributed by atoms with Crippen molar-refractivity contribution in [1.29, 1.82) is 5.41 Å². The highest BCUT2D eigenvalue weighted by Gasteiger charge is 2.11. The number of nitrogens with two attached hydrogens (primary N) is 2. The molecule has 112 valence electrons. The SMILES string of the molecule is CC(=Cc1c(F)cc(F)cc1F)C(=O)O.Cl.N=C(N)N. The van der Waals surface area contributed by atoms with E-state index >= 15 is 0 Å². The number of carboxylic acids is 1. The van der Waals surface area contributed by atoms with Gasteiger partial charge < -0.3 is 16.6 Å². The van der Waals surface area contributed by atoms with E-state index < -0.39 is 29.0 Å².